The van der Waals surface area contributed by atoms with Crippen LogP contribution in [0.1, 0.15) is 0 Å². The van der Waals surface area contributed by atoms with E-state index < -0.39 is 0 Å². The second kappa shape index (κ2) is 7.06. The van der Waals surface area contributed by atoms with Crippen LogP contribution in [-0.2, 0) is 4.79 Å². The van der Waals surface area contributed by atoms with Gasteiger partial charge < -0.3 is 25.0 Å². The van der Waals surface area contributed by atoms with Crippen LogP contribution in [0.5, 0.6) is 23.0 Å². The van der Waals surface area contributed by atoms with Crippen LogP contribution in [0.2, 0.25) is 0 Å². The molecule has 1 aromatic heterocycles. The van der Waals surface area contributed by atoms with Gasteiger partial charge in [-0.1, -0.05) is 6.07 Å². The van der Waals surface area contributed by atoms with Crippen LogP contribution >= 0.6 is 0 Å². The van der Waals surface area contributed by atoms with E-state index in [0.29, 0.717) is 40.7 Å². The van der Waals surface area contributed by atoms with Crippen LogP contribution in [0.3, 0.4) is 0 Å². The SMILES string of the molecule is COc1cccc(OC)c1-n1nc(-c2ccc(O)cc2O)cc1NC=O. The standard InChI is InChI=1S/C18H17N3O5/c1-25-15-4-3-5-16(26-2)18(15)21-17(19-10-22)9-13(20-21)12-7-6-11(23)8-14(12)24/h3-10,23-24H,1-2H3,(H,19,22). The Hall–Kier alpha value is -3.68. The lowest BCUT2D eigenvalue weighted by Crippen LogP contribution is -2.07. The van der Waals surface area contributed by atoms with E-state index in [1.807, 2.05) is 0 Å². The molecular formula is C18H17N3O5. The minimum absolute atomic E-state index is 0.0664. The van der Waals surface area contributed by atoms with Crippen molar-refractivity contribution >= 4 is 12.2 Å². The fraction of sp³-hybridized carbons (Fsp3) is 0.111. The fourth-order valence-corrected chi connectivity index (χ4v) is 2.62. The number of hydrogen-bond donors (Lipinski definition) is 3. The molecule has 8 heteroatoms. The number of carbonyl (C=O) groups excluding carboxylic acids is 1. The van der Waals surface area contributed by atoms with E-state index in [-0.39, 0.29) is 11.5 Å². The lowest BCUT2D eigenvalue weighted by Gasteiger charge is -2.14. The molecule has 26 heavy (non-hydrogen) atoms. The van der Waals surface area contributed by atoms with E-state index in [1.165, 1.54) is 37.1 Å². The summed E-state index contributed by atoms with van der Waals surface area (Å²) >= 11 is 0. The number of anilines is 1. The second-order valence-electron chi connectivity index (χ2n) is 5.30. The summed E-state index contributed by atoms with van der Waals surface area (Å²) in [6.45, 7) is 0. The molecule has 0 spiro atoms. The predicted molar refractivity (Wildman–Crippen MR) is 95.1 cm³/mol. The molecule has 8 nitrogen and oxygen atoms in total. The maximum atomic E-state index is 11.0. The molecule has 1 amide bonds. The molecule has 0 aliphatic heterocycles. The maximum Gasteiger partial charge on any atom is 0.212 e. The largest absolute Gasteiger partial charge is 0.508 e. The highest BCUT2D eigenvalue weighted by atomic mass is 16.5. The van der Waals surface area contributed by atoms with Crippen molar-refractivity contribution < 1.29 is 24.5 Å². The Morgan fingerprint density at radius 1 is 1.08 bits per heavy atom. The van der Waals surface area contributed by atoms with Gasteiger partial charge in [-0.15, -0.1) is 0 Å². The van der Waals surface area contributed by atoms with Crippen LogP contribution in [0, 0.1) is 0 Å². The van der Waals surface area contributed by atoms with Gasteiger partial charge >= 0.3 is 0 Å². The zero-order chi connectivity index (χ0) is 18.7. The summed E-state index contributed by atoms with van der Waals surface area (Å²) in [4.78, 5) is 11.0. The number of phenols is 2. The van der Waals surface area contributed by atoms with Gasteiger partial charge in [0.05, 0.1) is 19.9 Å². The number of benzene rings is 2. The molecule has 1 heterocycles. The van der Waals surface area contributed by atoms with Crippen LogP contribution in [0.15, 0.2) is 42.5 Å². The monoisotopic (exact) mass is 355 g/mol. The van der Waals surface area contributed by atoms with Crippen LogP contribution in [-0.4, -0.2) is 40.6 Å². The molecule has 0 aliphatic rings. The zero-order valence-electron chi connectivity index (χ0n) is 14.1. The predicted octanol–water partition coefficient (Wildman–Crippen LogP) is 2.54. The molecule has 0 atom stereocenters. The number of nitrogens with one attached hydrogen (secondary N) is 1. The Balaban J connectivity index is 2.23. The van der Waals surface area contributed by atoms with Crippen molar-refractivity contribution in [2.75, 3.05) is 19.5 Å². The summed E-state index contributed by atoms with van der Waals surface area (Å²) < 4.78 is 12.2. The Morgan fingerprint density at radius 2 is 1.77 bits per heavy atom. The fourth-order valence-electron chi connectivity index (χ4n) is 2.62. The first-order valence-corrected chi connectivity index (χ1v) is 7.63. The van der Waals surface area contributed by atoms with Gasteiger partial charge in [-0.05, 0) is 24.3 Å². The molecule has 134 valence electrons. The number of para-hydroxylation sites is 1. The number of ether oxygens (including phenoxy) is 2. The summed E-state index contributed by atoms with van der Waals surface area (Å²) in [6.07, 6.45) is 0.524. The molecule has 0 saturated carbocycles. The zero-order valence-corrected chi connectivity index (χ0v) is 14.1. The lowest BCUT2D eigenvalue weighted by atomic mass is 10.1. The van der Waals surface area contributed by atoms with E-state index in [2.05, 4.69) is 10.4 Å². The molecule has 0 radical (unpaired) electrons. The van der Waals surface area contributed by atoms with Gasteiger partial charge in [-0.2, -0.15) is 5.10 Å². The Morgan fingerprint density at radius 3 is 2.35 bits per heavy atom. The first kappa shape index (κ1) is 17.2. The molecule has 0 bridgehead atoms. The number of carbonyl (C=O) groups is 1. The Kier molecular flexibility index (Phi) is 4.66. The smallest absolute Gasteiger partial charge is 0.212 e. The number of phenolic OH excluding ortho intramolecular Hbond substituents is 2. The third-order valence-electron chi connectivity index (χ3n) is 3.79. The third kappa shape index (κ3) is 3.00. The van der Waals surface area contributed by atoms with Crippen molar-refractivity contribution in [1.29, 1.82) is 0 Å². The molecule has 3 N–H and O–H groups in total. The quantitative estimate of drug-likeness (QED) is 0.587. The number of rotatable bonds is 6. The number of nitrogens with zero attached hydrogens (tertiary/aromatic N) is 2. The molecule has 3 aromatic rings. The lowest BCUT2D eigenvalue weighted by molar-refractivity contribution is -0.105. The average molecular weight is 355 g/mol. The van der Waals surface area contributed by atoms with Crippen molar-refractivity contribution in [1.82, 2.24) is 9.78 Å². The molecule has 0 saturated heterocycles. The summed E-state index contributed by atoms with van der Waals surface area (Å²) in [7, 11) is 3.03. The molecular weight excluding hydrogens is 338 g/mol. The highest BCUT2D eigenvalue weighted by Crippen LogP contribution is 2.37. The van der Waals surface area contributed by atoms with Crippen molar-refractivity contribution in [3.8, 4) is 39.9 Å². The van der Waals surface area contributed by atoms with Crippen molar-refractivity contribution in [2.24, 2.45) is 0 Å². The van der Waals surface area contributed by atoms with E-state index in [0.717, 1.165) is 0 Å². The highest BCUT2D eigenvalue weighted by molar-refractivity contribution is 5.77. The average Bonchev–Trinajstić information content (AvgIpc) is 3.04. The van der Waals surface area contributed by atoms with E-state index in [1.54, 1.807) is 24.3 Å². The van der Waals surface area contributed by atoms with E-state index >= 15 is 0 Å². The normalized spacial score (nSPS) is 10.4. The van der Waals surface area contributed by atoms with Crippen LogP contribution in [0.25, 0.3) is 16.9 Å². The van der Waals surface area contributed by atoms with Crippen molar-refractivity contribution in [2.45, 2.75) is 0 Å². The minimum Gasteiger partial charge on any atom is -0.508 e. The van der Waals surface area contributed by atoms with Crippen LogP contribution < -0.4 is 14.8 Å². The minimum atomic E-state index is -0.140. The molecule has 0 fully saturated rings. The first-order chi connectivity index (χ1) is 12.6. The molecule has 3 rings (SSSR count). The van der Waals surface area contributed by atoms with Gasteiger partial charge in [0.25, 0.3) is 0 Å². The van der Waals surface area contributed by atoms with Gasteiger partial charge in [0.1, 0.15) is 28.8 Å². The maximum absolute atomic E-state index is 11.0. The molecule has 0 aliphatic carbocycles. The van der Waals surface area contributed by atoms with E-state index in [4.69, 9.17) is 9.47 Å². The first-order valence-electron chi connectivity index (χ1n) is 7.63. The Labute approximate surface area is 149 Å². The summed E-state index contributed by atoms with van der Waals surface area (Å²) in [5, 5.41) is 26.6. The Bertz CT molecular complexity index is 930. The van der Waals surface area contributed by atoms with Crippen molar-refractivity contribution in [3.05, 3.63) is 42.5 Å². The number of aromatic hydroxyl groups is 2. The highest BCUT2D eigenvalue weighted by Gasteiger charge is 2.19. The van der Waals surface area contributed by atoms with Gasteiger partial charge in [-0.25, -0.2) is 4.68 Å². The summed E-state index contributed by atoms with van der Waals surface area (Å²) in [5.41, 5.74) is 1.27. The third-order valence-corrected chi connectivity index (χ3v) is 3.79. The summed E-state index contributed by atoms with van der Waals surface area (Å²) in [5.74, 6) is 1.12. The van der Waals surface area contributed by atoms with E-state index in [9.17, 15) is 15.0 Å². The second-order valence-corrected chi connectivity index (χ2v) is 5.30. The number of methoxy groups -OCH3 is 2. The van der Waals surface area contributed by atoms with Gasteiger partial charge in [0, 0.05) is 17.7 Å². The summed E-state index contributed by atoms with van der Waals surface area (Å²) in [6, 6.07) is 11.0. The molecule has 0 unspecified atom stereocenters. The topological polar surface area (TPSA) is 106 Å². The molecule has 2 aromatic carbocycles. The van der Waals surface area contributed by atoms with Gasteiger partial charge in [-0.3, -0.25) is 4.79 Å². The number of aromatic nitrogens is 2. The van der Waals surface area contributed by atoms with Crippen LogP contribution in [0.4, 0.5) is 5.82 Å². The van der Waals surface area contributed by atoms with Gasteiger partial charge in [0.15, 0.2) is 5.69 Å². The van der Waals surface area contributed by atoms with Gasteiger partial charge in [0.2, 0.25) is 6.41 Å². The number of amides is 1. The van der Waals surface area contributed by atoms with Crippen molar-refractivity contribution in [3.63, 3.8) is 0 Å². The number of hydrogen-bond acceptors (Lipinski definition) is 6.